The Balaban J connectivity index is 1.90. The van der Waals surface area contributed by atoms with Gasteiger partial charge in [0.15, 0.2) is 0 Å². The molecule has 19 heavy (non-hydrogen) atoms. The van der Waals surface area contributed by atoms with Gasteiger partial charge in [-0.3, -0.25) is 9.88 Å². The average Bonchev–Trinajstić information content (AvgIpc) is 3.26. The summed E-state index contributed by atoms with van der Waals surface area (Å²) in [6.45, 7) is 3.26. The van der Waals surface area contributed by atoms with Gasteiger partial charge in [-0.25, -0.2) is 0 Å². The largest absolute Gasteiger partial charge is 0.299 e. The summed E-state index contributed by atoms with van der Waals surface area (Å²) in [6, 6.07) is 8.71. The van der Waals surface area contributed by atoms with Gasteiger partial charge in [-0.2, -0.15) is 0 Å². The molecule has 1 aromatic heterocycles. The van der Waals surface area contributed by atoms with Crippen molar-refractivity contribution in [2.45, 2.75) is 32.4 Å². The van der Waals surface area contributed by atoms with Crippen molar-refractivity contribution < 1.29 is 0 Å². The summed E-state index contributed by atoms with van der Waals surface area (Å²) in [6.07, 6.45) is 4.60. The van der Waals surface area contributed by atoms with E-state index in [-0.39, 0.29) is 0 Å². The van der Waals surface area contributed by atoms with Crippen molar-refractivity contribution >= 4 is 22.5 Å². The van der Waals surface area contributed by atoms with E-state index in [0.29, 0.717) is 6.04 Å². The smallest absolute Gasteiger partial charge is 0.0761 e. The highest BCUT2D eigenvalue weighted by Gasteiger charge is 2.30. The van der Waals surface area contributed by atoms with Crippen LogP contribution in [0.2, 0.25) is 5.02 Å². The Morgan fingerprint density at radius 2 is 2.16 bits per heavy atom. The lowest BCUT2D eigenvalue weighted by Crippen LogP contribution is -2.30. The van der Waals surface area contributed by atoms with E-state index in [2.05, 4.69) is 29.9 Å². The molecule has 2 nitrogen and oxygen atoms in total. The minimum atomic E-state index is 0.648. The summed E-state index contributed by atoms with van der Waals surface area (Å²) in [5.74, 6) is 0.886. The SMILES string of the molecule is CC(C1CC1)N(C)Cc1ccc(Cl)c2cccnc12. The van der Waals surface area contributed by atoms with Crippen LogP contribution in [0.25, 0.3) is 10.9 Å². The standard InChI is InChI=1S/C16H19ClN2/c1-11(12-5-6-12)19(2)10-13-7-8-15(17)14-4-3-9-18-16(13)14/h3-4,7-9,11-12H,5-6,10H2,1-2H3. The van der Waals surface area contributed by atoms with Crippen molar-refractivity contribution in [1.29, 1.82) is 0 Å². The summed E-state index contributed by atoms with van der Waals surface area (Å²) in [7, 11) is 2.20. The monoisotopic (exact) mass is 274 g/mol. The van der Waals surface area contributed by atoms with Crippen molar-refractivity contribution in [2.24, 2.45) is 5.92 Å². The predicted molar refractivity (Wildman–Crippen MR) is 80.4 cm³/mol. The number of hydrogen-bond acceptors (Lipinski definition) is 2. The first kappa shape index (κ1) is 12.9. The number of pyridine rings is 1. The van der Waals surface area contributed by atoms with Crippen LogP contribution in [0.15, 0.2) is 30.5 Å². The van der Waals surface area contributed by atoms with Crippen LogP contribution >= 0.6 is 11.6 Å². The second-order valence-electron chi connectivity index (χ2n) is 5.60. The van der Waals surface area contributed by atoms with Gasteiger partial charge in [0.2, 0.25) is 0 Å². The molecule has 0 amide bonds. The maximum atomic E-state index is 6.23. The first-order valence-electron chi connectivity index (χ1n) is 6.89. The fourth-order valence-electron chi connectivity index (χ4n) is 2.68. The van der Waals surface area contributed by atoms with E-state index in [0.717, 1.165) is 28.4 Å². The summed E-state index contributed by atoms with van der Waals surface area (Å²) >= 11 is 6.23. The number of hydrogen-bond donors (Lipinski definition) is 0. The molecule has 1 aliphatic rings. The first-order chi connectivity index (χ1) is 9.16. The molecule has 1 unspecified atom stereocenters. The molecule has 0 spiro atoms. The van der Waals surface area contributed by atoms with Crippen LogP contribution in [0.3, 0.4) is 0 Å². The molecule has 1 aliphatic carbocycles. The van der Waals surface area contributed by atoms with E-state index in [1.165, 1.54) is 18.4 Å². The summed E-state index contributed by atoms with van der Waals surface area (Å²) in [5.41, 5.74) is 2.29. The first-order valence-corrected chi connectivity index (χ1v) is 7.27. The Hall–Kier alpha value is -1.12. The Kier molecular flexibility index (Phi) is 3.46. The lowest BCUT2D eigenvalue weighted by Gasteiger charge is -2.25. The van der Waals surface area contributed by atoms with E-state index < -0.39 is 0 Å². The molecule has 1 heterocycles. The number of aromatic nitrogens is 1. The molecule has 1 fully saturated rings. The second kappa shape index (κ2) is 5.10. The summed E-state index contributed by atoms with van der Waals surface area (Å²) in [5, 5.41) is 1.83. The molecule has 0 aliphatic heterocycles. The fourth-order valence-corrected chi connectivity index (χ4v) is 2.89. The van der Waals surface area contributed by atoms with Crippen molar-refractivity contribution in [2.75, 3.05) is 7.05 Å². The minimum absolute atomic E-state index is 0.648. The van der Waals surface area contributed by atoms with Crippen molar-refractivity contribution in [3.8, 4) is 0 Å². The molecular formula is C16H19ClN2. The highest BCUT2D eigenvalue weighted by molar-refractivity contribution is 6.35. The van der Waals surface area contributed by atoms with Gasteiger partial charge in [-0.15, -0.1) is 0 Å². The number of nitrogens with zero attached hydrogens (tertiary/aromatic N) is 2. The van der Waals surface area contributed by atoms with E-state index >= 15 is 0 Å². The van der Waals surface area contributed by atoms with Gasteiger partial charge in [-0.1, -0.05) is 17.7 Å². The van der Waals surface area contributed by atoms with Gasteiger partial charge in [0, 0.05) is 29.2 Å². The average molecular weight is 275 g/mol. The Morgan fingerprint density at radius 3 is 2.89 bits per heavy atom. The van der Waals surface area contributed by atoms with Gasteiger partial charge in [0.05, 0.1) is 5.52 Å². The number of fused-ring (bicyclic) bond motifs is 1. The van der Waals surface area contributed by atoms with E-state index in [1.54, 1.807) is 0 Å². The number of rotatable bonds is 4. The molecule has 1 saturated carbocycles. The van der Waals surface area contributed by atoms with Crippen LogP contribution in [-0.4, -0.2) is 23.0 Å². The zero-order valence-electron chi connectivity index (χ0n) is 11.4. The van der Waals surface area contributed by atoms with Gasteiger partial charge < -0.3 is 0 Å². The van der Waals surface area contributed by atoms with Crippen LogP contribution in [0.1, 0.15) is 25.3 Å². The van der Waals surface area contributed by atoms with Crippen LogP contribution in [0.4, 0.5) is 0 Å². The van der Waals surface area contributed by atoms with Crippen molar-refractivity contribution in [3.63, 3.8) is 0 Å². The third-order valence-electron chi connectivity index (χ3n) is 4.22. The normalized spacial score (nSPS) is 17.1. The zero-order valence-corrected chi connectivity index (χ0v) is 12.2. The van der Waals surface area contributed by atoms with Crippen molar-refractivity contribution in [1.82, 2.24) is 9.88 Å². The van der Waals surface area contributed by atoms with Crippen LogP contribution in [0.5, 0.6) is 0 Å². The quantitative estimate of drug-likeness (QED) is 0.834. The summed E-state index contributed by atoms with van der Waals surface area (Å²) in [4.78, 5) is 6.93. The highest BCUT2D eigenvalue weighted by atomic mass is 35.5. The molecule has 3 rings (SSSR count). The maximum Gasteiger partial charge on any atom is 0.0761 e. The van der Waals surface area contributed by atoms with Gasteiger partial charge in [0.1, 0.15) is 0 Å². The van der Waals surface area contributed by atoms with Crippen molar-refractivity contribution in [3.05, 3.63) is 41.0 Å². The molecule has 0 N–H and O–H groups in total. The van der Waals surface area contributed by atoms with Crippen LogP contribution in [0, 0.1) is 5.92 Å². The molecule has 0 saturated heterocycles. The minimum Gasteiger partial charge on any atom is -0.299 e. The zero-order chi connectivity index (χ0) is 13.4. The van der Waals surface area contributed by atoms with Crippen LogP contribution in [-0.2, 0) is 6.54 Å². The lowest BCUT2D eigenvalue weighted by atomic mass is 10.1. The van der Waals surface area contributed by atoms with Gasteiger partial charge in [-0.05, 0) is 56.5 Å². The predicted octanol–water partition coefficient (Wildman–Crippen LogP) is 4.12. The van der Waals surface area contributed by atoms with E-state index in [9.17, 15) is 0 Å². The maximum absolute atomic E-state index is 6.23. The molecule has 2 aromatic rings. The number of halogens is 1. The molecule has 1 aromatic carbocycles. The van der Waals surface area contributed by atoms with E-state index in [1.807, 2.05) is 24.4 Å². The second-order valence-corrected chi connectivity index (χ2v) is 6.01. The Bertz CT molecular complexity index is 592. The lowest BCUT2D eigenvalue weighted by molar-refractivity contribution is 0.227. The summed E-state index contributed by atoms with van der Waals surface area (Å²) < 4.78 is 0. The Morgan fingerprint density at radius 1 is 1.37 bits per heavy atom. The molecular weight excluding hydrogens is 256 g/mol. The third-order valence-corrected chi connectivity index (χ3v) is 4.55. The molecule has 1 atom stereocenters. The molecule has 3 heteroatoms. The molecule has 0 radical (unpaired) electrons. The highest BCUT2D eigenvalue weighted by Crippen LogP contribution is 2.35. The Labute approximate surface area is 119 Å². The number of benzene rings is 1. The molecule has 0 bridgehead atoms. The van der Waals surface area contributed by atoms with Gasteiger partial charge >= 0.3 is 0 Å². The van der Waals surface area contributed by atoms with E-state index in [4.69, 9.17) is 11.6 Å². The topological polar surface area (TPSA) is 16.1 Å². The fraction of sp³-hybridized carbons (Fsp3) is 0.438. The van der Waals surface area contributed by atoms with Gasteiger partial charge in [0.25, 0.3) is 0 Å². The molecule has 100 valence electrons. The third kappa shape index (κ3) is 2.60. The van der Waals surface area contributed by atoms with Crippen LogP contribution < -0.4 is 0 Å².